The van der Waals surface area contributed by atoms with E-state index in [4.69, 9.17) is 5.11 Å². The van der Waals surface area contributed by atoms with Gasteiger partial charge in [0.05, 0.1) is 0 Å². The smallest absolute Gasteiger partial charge is 0.320 e. The Kier molecular flexibility index (Phi) is 2.29. The predicted octanol–water partition coefficient (Wildman–Crippen LogP) is 1.73. The van der Waals surface area contributed by atoms with Gasteiger partial charge in [-0.05, 0) is 48.9 Å². The number of aliphatic carboxylic acids is 1. The van der Waals surface area contributed by atoms with E-state index >= 15 is 0 Å². The lowest BCUT2D eigenvalue weighted by Crippen LogP contribution is -2.43. The topological polar surface area (TPSA) is 49.3 Å². The zero-order chi connectivity index (χ0) is 11.4. The molecule has 90 valence electrons. The molecule has 5 unspecified atom stereocenters. The van der Waals surface area contributed by atoms with E-state index in [0.29, 0.717) is 6.04 Å². The molecule has 0 amide bonds. The fourth-order valence-corrected chi connectivity index (χ4v) is 4.30. The molecule has 0 radical (unpaired) electrons. The monoisotopic (exact) mass is 223 g/mol. The molecule has 3 saturated carbocycles. The molecule has 0 aromatic carbocycles. The van der Waals surface area contributed by atoms with Gasteiger partial charge in [-0.1, -0.05) is 13.8 Å². The Hall–Kier alpha value is -0.570. The van der Waals surface area contributed by atoms with E-state index in [1.54, 1.807) is 0 Å². The maximum atomic E-state index is 11.1. The van der Waals surface area contributed by atoms with Crippen molar-refractivity contribution < 1.29 is 9.90 Å². The van der Waals surface area contributed by atoms with Crippen LogP contribution in [0, 0.1) is 29.6 Å². The average Bonchev–Trinajstić information content (AvgIpc) is 2.61. The lowest BCUT2D eigenvalue weighted by molar-refractivity contribution is -0.140. The van der Waals surface area contributed by atoms with Crippen molar-refractivity contribution >= 4 is 5.97 Å². The Labute approximate surface area is 96.6 Å². The van der Waals surface area contributed by atoms with Gasteiger partial charge in [-0.3, -0.25) is 4.79 Å². The van der Waals surface area contributed by atoms with Gasteiger partial charge in [0.25, 0.3) is 0 Å². The van der Waals surface area contributed by atoms with Crippen LogP contribution in [0.1, 0.15) is 33.1 Å². The van der Waals surface area contributed by atoms with E-state index in [9.17, 15) is 4.79 Å². The third-order valence-corrected chi connectivity index (χ3v) is 5.04. The summed E-state index contributed by atoms with van der Waals surface area (Å²) in [5, 5.41) is 12.6. The van der Waals surface area contributed by atoms with Crippen molar-refractivity contribution in [1.29, 1.82) is 0 Å². The van der Waals surface area contributed by atoms with Gasteiger partial charge in [0.15, 0.2) is 0 Å². The summed E-state index contributed by atoms with van der Waals surface area (Å²) in [4.78, 5) is 11.1. The van der Waals surface area contributed by atoms with E-state index in [2.05, 4.69) is 5.32 Å². The second-order valence-corrected chi connectivity index (χ2v) is 6.24. The summed E-state index contributed by atoms with van der Waals surface area (Å²) in [6, 6.07) is 0.171. The molecular formula is C13H21NO2. The Bertz CT molecular complexity index is 299. The molecule has 0 heterocycles. The lowest BCUT2D eigenvalue weighted by Gasteiger charge is -2.20. The van der Waals surface area contributed by atoms with Crippen LogP contribution in [0.5, 0.6) is 0 Å². The van der Waals surface area contributed by atoms with Crippen LogP contribution in [0.25, 0.3) is 0 Å². The summed E-state index contributed by atoms with van der Waals surface area (Å²) in [6.07, 6.45) is 4.21. The minimum Gasteiger partial charge on any atom is -0.480 e. The summed E-state index contributed by atoms with van der Waals surface area (Å²) in [7, 11) is 0. The Morgan fingerprint density at radius 3 is 2.25 bits per heavy atom. The molecule has 0 aliphatic heterocycles. The van der Waals surface area contributed by atoms with Gasteiger partial charge in [-0.25, -0.2) is 0 Å². The number of hydrogen-bond acceptors (Lipinski definition) is 2. The maximum absolute atomic E-state index is 11.1. The van der Waals surface area contributed by atoms with Crippen LogP contribution in [0.15, 0.2) is 0 Å². The van der Waals surface area contributed by atoms with E-state index < -0.39 is 5.97 Å². The molecule has 3 aliphatic carbocycles. The quantitative estimate of drug-likeness (QED) is 0.763. The van der Waals surface area contributed by atoms with Gasteiger partial charge in [-0.2, -0.15) is 0 Å². The molecule has 3 heteroatoms. The fraction of sp³-hybridized carbons (Fsp3) is 0.923. The van der Waals surface area contributed by atoms with E-state index in [1.165, 1.54) is 19.3 Å². The summed E-state index contributed by atoms with van der Waals surface area (Å²) in [5.74, 6) is 2.95. The molecular weight excluding hydrogens is 202 g/mol. The van der Waals surface area contributed by atoms with E-state index in [0.717, 1.165) is 23.7 Å². The van der Waals surface area contributed by atoms with Crippen LogP contribution < -0.4 is 5.32 Å². The number of rotatable bonds is 4. The number of hydrogen-bond donors (Lipinski definition) is 2. The average molecular weight is 223 g/mol. The summed E-state index contributed by atoms with van der Waals surface area (Å²) in [6.45, 7) is 3.97. The minimum atomic E-state index is -0.688. The van der Waals surface area contributed by atoms with Gasteiger partial charge in [0, 0.05) is 6.04 Å². The number of carboxylic acid groups (broad SMARTS) is 1. The Morgan fingerprint density at radius 2 is 1.81 bits per heavy atom. The molecule has 16 heavy (non-hydrogen) atoms. The molecule has 0 aromatic rings. The van der Waals surface area contributed by atoms with Crippen molar-refractivity contribution in [2.24, 2.45) is 29.6 Å². The van der Waals surface area contributed by atoms with Gasteiger partial charge in [0.2, 0.25) is 0 Å². The number of carboxylic acids is 1. The van der Waals surface area contributed by atoms with Crippen molar-refractivity contribution in [3.63, 3.8) is 0 Å². The first-order chi connectivity index (χ1) is 7.59. The molecule has 2 N–H and O–H groups in total. The van der Waals surface area contributed by atoms with Crippen molar-refractivity contribution in [2.75, 3.05) is 0 Å². The first-order valence-electron chi connectivity index (χ1n) is 6.58. The third-order valence-electron chi connectivity index (χ3n) is 5.04. The van der Waals surface area contributed by atoms with Gasteiger partial charge in [0.1, 0.15) is 6.04 Å². The van der Waals surface area contributed by atoms with Crippen LogP contribution in [0.4, 0.5) is 0 Å². The normalized spacial score (nSPS) is 45.8. The lowest BCUT2D eigenvalue weighted by atomic mass is 10.0. The molecule has 3 fully saturated rings. The van der Waals surface area contributed by atoms with Crippen LogP contribution >= 0.6 is 0 Å². The van der Waals surface area contributed by atoms with Crippen LogP contribution in [0.2, 0.25) is 0 Å². The molecule has 2 bridgehead atoms. The zero-order valence-corrected chi connectivity index (χ0v) is 10.0. The second kappa shape index (κ2) is 3.46. The Morgan fingerprint density at radius 1 is 1.25 bits per heavy atom. The third kappa shape index (κ3) is 1.41. The minimum absolute atomic E-state index is 0.177. The number of fused-ring (bicyclic) bond motifs is 5. The number of carbonyl (C=O) groups is 1. The fourth-order valence-electron chi connectivity index (χ4n) is 4.30. The molecule has 0 saturated heterocycles. The van der Waals surface area contributed by atoms with Crippen molar-refractivity contribution in [2.45, 2.75) is 45.2 Å². The molecule has 3 aliphatic rings. The van der Waals surface area contributed by atoms with Crippen molar-refractivity contribution in [3.8, 4) is 0 Å². The van der Waals surface area contributed by atoms with Crippen LogP contribution in [-0.2, 0) is 4.79 Å². The standard InChI is InChI=1S/C13H21NO2/c1-6(2)11(13(15)16)14-12-9-7-3-4-8(5-7)10(9)12/h6-12,14H,3-5H2,1-2H3,(H,15,16). The predicted molar refractivity (Wildman–Crippen MR) is 61.0 cm³/mol. The highest BCUT2D eigenvalue weighted by Gasteiger charge is 2.65. The molecule has 3 rings (SSSR count). The van der Waals surface area contributed by atoms with Crippen molar-refractivity contribution in [3.05, 3.63) is 0 Å². The van der Waals surface area contributed by atoms with Gasteiger partial charge >= 0.3 is 5.97 Å². The van der Waals surface area contributed by atoms with E-state index in [-0.39, 0.29) is 12.0 Å². The highest BCUT2D eigenvalue weighted by molar-refractivity contribution is 5.73. The highest BCUT2D eigenvalue weighted by Crippen LogP contribution is 2.65. The largest absolute Gasteiger partial charge is 0.480 e. The molecule has 0 spiro atoms. The Balaban J connectivity index is 1.63. The van der Waals surface area contributed by atoms with E-state index in [1.807, 2.05) is 13.8 Å². The molecule has 3 nitrogen and oxygen atoms in total. The summed E-state index contributed by atoms with van der Waals surface area (Å²) < 4.78 is 0. The highest BCUT2D eigenvalue weighted by atomic mass is 16.4. The van der Waals surface area contributed by atoms with Crippen LogP contribution in [-0.4, -0.2) is 23.2 Å². The zero-order valence-electron chi connectivity index (χ0n) is 10.0. The SMILES string of the molecule is CC(C)C(NC1C2C3CCC(C3)C12)C(=O)O. The maximum Gasteiger partial charge on any atom is 0.320 e. The van der Waals surface area contributed by atoms with Crippen LogP contribution in [0.3, 0.4) is 0 Å². The first kappa shape index (κ1) is 10.6. The summed E-state index contributed by atoms with van der Waals surface area (Å²) in [5.41, 5.74) is 0. The van der Waals surface area contributed by atoms with Gasteiger partial charge in [-0.15, -0.1) is 0 Å². The molecule has 0 aromatic heterocycles. The van der Waals surface area contributed by atoms with Gasteiger partial charge < -0.3 is 10.4 Å². The summed E-state index contributed by atoms with van der Waals surface area (Å²) >= 11 is 0. The molecule has 5 atom stereocenters. The van der Waals surface area contributed by atoms with Crippen molar-refractivity contribution in [1.82, 2.24) is 5.32 Å². The first-order valence-corrected chi connectivity index (χ1v) is 6.58. The second-order valence-electron chi connectivity index (χ2n) is 6.24. The number of nitrogens with one attached hydrogen (secondary N) is 1.